The SMILES string of the molecule is CN(CCCNC(=O)Nc1ccc(C(C)(C)C)cc1)CC1OC[C@@](O)(n2cnc3c(N)ncnc32)[C@@H]1O. The van der Waals surface area contributed by atoms with E-state index >= 15 is 0 Å². The number of aliphatic hydroxyl groups excluding tert-OH is 1. The van der Waals surface area contributed by atoms with Gasteiger partial charge in [-0.05, 0) is 43.1 Å². The molecule has 1 aliphatic rings. The summed E-state index contributed by atoms with van der Waals surface area (Å²) in [6, 6.07) is 7.57. The zero-order valence-corrected chi connectivity index (χ0v) is 21.7. The van der Waals surface area contributed by atoms with Crippen LogP contribution in [0.15, 0.2) is 36.9 Å². The van der Waals surface area contributed by atoms with Gasteiger partial charge in [0, 0.05) is 18.8 Å². The lowest BCUT2D eigenvalue weighted by Gasteiger charge is -2.29. The highest BCUT2D eigenvalue weighted by Crippen LogP contribution is 2.32. The number of benzene rings is 1. The maximum atomic E-state index is 12.2. The van der Waals surface area contributed by atoms with Crippen LogP contribution in [0.25, 0.3) is 11.2 Å². The standard InChI is InChI=1S/C25H36N8O4/c1-24(2,3)16-6-8-17(9-7-16)31-23(35)27-10-5-11-32(4)12-18-20(34)25(36,13-37-18)33-15-30-19-21(26)28-14-29-22(19)33/h6-9,14-15,18,20,34,36H,5,10-13H2,1-4H3,(H2,26,28,29)(H2,27,31,35)/t18?,20-,25+/m1/s1. The Labute approximate surface area is 215 Å². The Morgan fingerprint density at radius 2 is 2.00 bits per heavy atom. The molecule has 3 heterocycles. The fourth-order valence-electron chi connectivity index (χ4n) is 4.38. The van der Waals surface area contributed by atoms with Crippen LogP contribution in [0.4, 0.5) is 16.3 Å². The third-order valence-corrected chi connectivity index (χ3v) is 6.62. The van der Waals surface area contributed by atoms with Gasteiger partial charge < -0.3 is 36.2 Å². The van der Waals surface area contributed by atoms with Crippen LogP contribution in [0.1, 0.15) is 32.8 Å². The van der Waals surface area contributed by atoms with Gasteiger partial charge in [-0.3, -0.25) is 4.57 Å². The van der Waals surface area contributed by atoms with Crippen LogP contribution >= 0.6 is 0 Å². The Hall–Kier alpha value is -3.32. The summed E-state index contributed by atoms with van der Waals surface area (Å²) in [5.74, 6) is 0.192. The number of amides is 2. The topological polar surface area (TPSA) is 164 Å². The number of nitrogens with one attached hydrogen (secondary N) is 2. The van der Waals surface area contributed by atoms with E-state index in [1.807, 2.05) is 36.2 Å². The number of nitrogens with two attached hydrogens (primary N) is 1. The highest BCUT2D eigenvalue weighted by molar-refractivity contribution is 5.89. The maximum absolute atomic E-state index is 12.2. The van der Waals surface area contributed by atoms with Crippen molar-refractivity contribution in [2.75, 3.05) is 44.3 Å². The number of nitrogen functional groups attached to an aromatic ring is 1. The number of aliphatic hydroxyl groups is 2. The van der Waals surface area contributed by atoms with Crippen molar-refractivity contribution in [2.24, 2.45) is 0 Å². The molecule has 1 fully saturated rings. The molecule has 0 radical (unpaired) electrons. The molecular weight excluding hydrogens is 476 g/mol. The van der Waals surface area contributed by atoms with Gasteiger partial charge in [-0.1, -0.05) is 32.9 Å². The number of aromatic nitrogens is 4. The lowest BCUT2D eigenvalue weighted by molar-refractivity contribution is -0.108. The lowest BCUT2D eigenvalue weighted by Crippen LogP contribution is -2.48. The molecule has 1 unspecified atom stereocenters. The van der Waals surface area contributed by atoms with Gasteiger partial charge in [0.2, 0.25) is 0 Å². The molecule has 0 spiro atoms. The largest absolute Gasteiger partial charge is 0.385 e. The molecule has 0 aliphatic carbocycles. The number of carbonyl (C=O) groups is 1. The van der Waals surface area contributed by atoms with Crippen molar-refractivity contribution in [3.63, 3.8) is 0 Å². The third-order valence-electron chi connectivity index (χ3n) is 6.62. The summed E-state index contributed by atoms with van der Waals surface area (Å²) in [6.07, 6.45) is 1.52. The van der Waals surface area contributed by atoms with E-state index in [-0.39, 0.29) is 23.9 Å². The minimum Gasteiger partial charge on any atom is -0.385 e. The molecule has 0 bridgehead atoms. The average molecular weight is 513 g/mol. The fourth-order valence-corrected chi connectivity index (χ4v) is 4.38. The molecule has 4 rings (SSSR count). The van der Waals surface area contributed by atoms with Gasteiger partial charge in [-0.15, -0.1) is 0 Å². The number of imidazole rings is 1. The smallest absolute Gasteiger partial charge is 0.319 e. The van der Waals surface area contributed by atoms with Crippen molar-refractivity contribution < 1.29 is 19.7 Å². The highest BCUT2D eigenvalue weighted by Gasteiger charge is 2.50. The van der Waals surface area contributed by atoms with Crippen LogP contribution in [0.3, 0.4) is 0 Å². The predicted molar refractivity (Wildman–Crippen MR) is 140 cm³/mol. The minimum atomic E-state index is -1.73. The Bertz CT molecular complexity index is 1230. The molecule has 37 heavy (non-hydrogen) atoms. The van der Waals surface area contributed by atoms with Crippen LogP contribution in [0, 0.1) is 0 Å². The summed E-state index contributed by atoms with van der Waals surface area (Å²) in [5, 5.41) is 27.8. The number of rotatable bonds is 8. The van der Waals surface area contributed by atoms with E-state index in [2.05, 4.69) is 46.4 Å². The van der Waals surface area contributed by atoms with Crippen molar-refractivity contribution in [1.82, 2.24) is 29.7 Å². The average Bonchev–Trinajstić information content (AvgIpc) is 3.40. The van der Waals surface area contributed by atoms with E-state index in [0.717, 1.165) is 5.69 Å². The van der Waals surface area contributed by atoms with E-state index in [4.69, 9.17) is 10.5 Å². The van der Waals surface area contributed by atoms with E-state index in [1.54, 1.807) is 0 Å². The number of anilines is 2. The molecule has 2 aromatic heterocycles. The molecule has 0 saturated carbocycles. The first-order chi connectivity index (χ1) is 17.5. The number of fused-ring (bicyclic) bond motifs is 1. The van der Waals surface area contributed by atoms with E-state index in [0.29, 0.717) is 37.2 Å². The summed E-state index contributed by atoms with van der Waals surface area (Å²) in [5.41, 5.74) is 6.77. The predicted octanol–water partition coefficient (Wildman–Crippen LogP) is 1.25. The van der Waals surface area contributed by atoms with Gasteiger partial charge in [-0.25, -0.2) is 19.7 Å². The van der Waals surface area contributed by atoms with Crippen LogP contribution < -0.4 is 16.4 Å². The molecule has 1 aliphatic heterocycles. The van der Waals surface area contributed by atoms with Crippen molar-refractivity contribution >= 4 is 28.7 Å². The summed E-state index contributed by atoms with van der Waals surface area (Å²) in [4.78, 5) is 26.4. The van der Waals surface area contributed by atoms with Crippen molar-refractivity contribution in [3.8, 4) is 0 Å². The monoisotopic (exact) mass is 512 g/mol. The second-order valence-electron chi connectivity index (χ2n) is 10.5. The van der Waals surface area contributed by atoms with Gasteiger partial charge in [0.15, 0.2) is 17.2 Å². The number of ether oxygens (including phenoxy) is 1. The normalized spacial score (nSPS) is 22.0. The summed E-state index contributed by atoms with van der Waals surface area (Å²) in [7, 11) is 1.89. The Morgan fingerprint density at radius 1 is 1.27 bits per heavy atom. The molecular formula is C25H36N8O4. The Morgan fingerprint density at radius 3 is 2.70 bits per heavy atom. The number of nitrogens with zero attached hydrogens (tertiary/aromatic N) is 5. The summed E-state index contributed by atoms with van der Waals surface area (Å²) in [6.45, 7) is 7.84. The molecule has 6 N–H and O–H groups in total. The molecule has 12 nitrogen and oxygen atoms in total. The van der Waals surface area contributed by atoms with Gasteiger partial charge in [0.05, 0.1) is 12.9 Å². The number of urea groups is 1. The second-order valence-corrected chi connectivity index (χ2v) is 10.5. The number of likely N-dealkylation sites (N-methyl/N-ethyl adjacent to an activating group) is 1. The van der Waals surface area contributed by atoms with Crippen molar-refractivity contribution in [1.29, 1.82) is 0 Å². The van der Waals surface area contributed by atoms with E-state index < -0.39 is 17.9 Å². The van der Waals surface area contributed by atoms with Gasteiger partial charge in [0.1, 0.15) is 24.1 Å². The number of hydrogen-bond acceptors (Lipinski definition) is 9. The first kappa shape index (κ1) is 26.7. The van der Waals surface area contributed by atoms with Crippen molar-refractivity contribution in [2.45, 2.75) is 50.5 Å². The maximum Gasteiger partial charge on any atom is 0.319 e. The Balaban J connectivity index is 1.22. The third kappa shape index (κ3) is 5.82. The summed E-state index contributed by atoms with van der Waals surface area (Å²) < 4.78 is 7.13. The molecule has 3 atom stereocenters. The first-order valence-electron chi connectivity index (χ1n) is 12.3. The minimum absolute atomic E-state index is 0.0579. The van der Waals surface area contributed by atoms with Crippen LogP contribution in [0.2, 0.25) is 0 Å². The molecule has 1 saturated heterocycles. The van der Waals surface area contributed by atoms with E-state index in [9.17, 15) is 15.0 Å². The fraction of sp³-hybridized carbons (Fsp3) is 0.520. The highest BCUT2D eigenvalue weighted by atomic mass is 16.5. The van der Waals surface area contributed by atoms with Gasteiger partial charge in [-0.2, -0.15) is 0 Å². The quantitative estimate of drug-likeness (QED) is 0.279. The molecule has 200 valence electrons. The molecule has 12 heteroatoms. The zero-order valence-electron chi connectivity index (χ0n) is 21.7. The zero-order chi connectivity index (χ0) is 26.8. The molecule has 2 amide bonds. The lowest BCUT2D eigenvalue weighted by atomic mass is 9.87. The second kappa shape index (κ2) is 10.6. The molecule has 1 aromatic carbocycles. The Kier molecular flexibility index (Phi) is 7.64. The number of carbonyl (C=O) groups excluding carboxylic acids is 1. The van der Waals surface area contributed by atoms with Crippen LogP contribution in [0.5, 0.6) is 0 Å². The van der Waals surface area contributed by atoms with Crippen LogP contribution in [-0.4, -0.2) is 86.2 Å². The van der Waals surface area contributed by atoms with E-state index in [1.165, 1.54) is 22.8 Å². The van der Waals surface area contributed by atoms with Gasteiger partial charge >= 0.3 is 6.03 Å². The first-order valence-corrected chi connectivity index (χ1v) is 12.3. The van der Waals surface area contributed by atoms with Gasteiger partial charge in [0.25, 0.3) is 0 Å². The summed E-state index contributed by atoms with van der Waals surface area (Å²) >= 11 is 0. The number of hydrogen-bond donors (Lipinski definition) is 5. The van der Waals surface area contributed by atoms with Crippen molar-refractivity contribution in [3.05, 3.63) is 42.5 Å². The van der Waals surface area contributed by atoms with Crippen LogP contribution in [-0.2, 0) is 15.9 Å². The molecule has 3 aromatic rings.